The van der Waals surface area contributed by atoms with Gasteiger partial charge in [-0.3, -0.25) is 14.4 Å². The lowest BCUT2D eigenvalue weighted by atomic mass is 10.0. The molecule has 10 nitrogen and oxygen atoms in total. The molecule has 0 aromatic heterocycles. The maximum atomic E-state index is 12.7. The third-order valence-electron chi connectivity index (χ3n) is 5.03. The van der Waals surface area contributed by atoms with E-state index in [2.05, 4.69) is 21.3 Å². The van der Waals surface area contributed by atoms with Crippen LogP contribution in [0.15, 0.2) is 0 Å². The normalized spacial score (nSPS) is 19.0. The summed E-state index contributed by atoms with van der Waals surface area (Å²) in [6, 6.07) is -3.05. The lowest BCUT2D eigenvalue weighted by Crippen LogP contribution is -2.56. The predicted molar refractivity (Wildman–Crippen MR) is 112 cm³/mol. The summed E-state index contributed by atoms with van der Waals surface area (Å²) in [4.78, 5) is 48.9. The summed E-state index contributed by atoms with van der Waals surface area (Å²) in [5.74, 6) is -2.31. The van der Waals surface area contributed by atoms with Crippen molar-refractivity contribution in [3.8, 4) is 0 Å². The topological polar surface area (TPSA) is 163 Å². The molecule has 0 aromatic rings. The SMILES string of the molecule is CC(C)CC(NC(=O)C(C)NC(=O)C1CCCN1)C(=O)NC(CCCCN)C(=O)O. The van der Waals surface area contributed by atoms with Crippen molar-refractivity contribution in [1.29, 1.82) is 0 Å². The van der Waals surface area contributed by atoms with Crippen LogP contribution in [0.4, 0.5) is 0 Å². The molecule has 3 amide bonds. The Morgan fingerprint density at radius 2 is 1.70 bits per heavy atom. The van der Waals surface area contributed by atoms with Crippen molar-refractivity contribution in [1.82, 2.24) is 21.3 Å². The van der Waals surface area contributed by atoms with Gasteiger partial charge in [-0.25, -0.2) is 4.79 Å². The molecule has 4 unspecified atom stereocenters. The van der Waals surface area contributed by atoms with Crippen molar-refractivity contribution >= 4 is 23.7 Å². The number of unbranched alkanes of at least 4 members (excludes halogenated alkanes) is 1. The van der Waals surface area contributed by atoms with Gasteiger partial charge in [0.1, 0.15) is 18.1 Å². The quantitative estimate of drug-likeness (QED) is 0.215. The van der Waals surface area contributed by atoms with Crippen LogP contribution in [0.25, 0.3) is 0 Å². The molecule has 4 atom stereocenters. The molecule has 1 aliphatic rings. The second-order valence-corrected chi connectivity index (χ2v) is 8.25. The van der Waals surface area contributed by atoms with Crippen LogP contribution < -0.4 is 27.0 Å². The standard InChI is InChI=1S/C20H37N5O5/c1-12(2)11-16(19(28)24-15(20(29)30)7-4-5-9-21)25-17(26)13(3)23-18(27)14-8-6-10-22-14/h12-16,22H,4-11,21H2,1-3H3,(H,23,27)(H,24,28)(H,25,26)(H,29,30). The zero-order valence-electron chi connectivity index (χ0n) is 18.2. The molecule has 1 rings (SSSR count). The van der Waals surface area contributed by atoms with Crippen LogP contribution in [0.2, 0.25) is 0 Å². The molecule has 0 radical (unpaired) electrons. The summed E-state index contributed by atoms with van der Waals surface area (Å²) in [6.45, 7) is 6.58. The van der Waals surface area contributed by atoms with Crippen molar-refractivity contribution in [2.24, 2.45) is 11.7 Å². The molecule has 1 aliphatic heterocycles. The van der Waals surface area contributed by atoms with E-state index in [9.17, 15) is 24.3 Å². The van der Waals surface area contributed by atoms with Crippen LogP contribution >= 0.6 is 0 Å². The molecule has 1 heterocycles. The van der Waals surface area contributed by atoms with E-state index in [1.54, 1.807) is 6.92 Å². The van der Waals surface area contributed by atoms with E-state index in [0.717, 1.165) is 19.4 Å². The molecule has 0 bridgehead atoms. The van der Waals surface area contributed by atoms with Crippen LogP contribution in [-0.2, 0) is 19.2 Å². The van der Waals surface area contributed by atoms with Gasteiger partial charge in [0.15, 0.2) is 0 Å². The largest absolute Gasteiger partial charge is 0.480 e. The number of rotatable bonds is 13. The fraction of sp³-hybridized carbons (Fsp3) is 0.800. The van der Waals surface area contributed by atoms with Gasteiger partial charge in [0.25, 0.3) is 0 Å². The zero-order valence-corrected chi connectivity index (χ0v) is 18.2. The molecular formula is C20H37N5O5. The minimum atomic E-state index is -1.13. The van der Waals surface area contributed by atoms with Gasteiger partial charge >= 0.3 is 5.97 Å². The fourth-order valence-electron chi connectivity index (χ4n) is 3.31. The van der Waals surface area contributed by atoms with Gasteiger partial charge in [0.05, 0.1) is 6.04 Å². The first-order valence-corrected chi connectivity index (χ1v) is 10.7. The summed E-state index contributed by atoms with van der Waals surface area (Å²) in [6.07, 6.45) is 3.48. The summed E-state index contributed by atoms with van der Waals surface area (Å²) in [5, 5.41) is 20.3. The van der Waals surface area contributed by atoms with Crippen LogP contribution in [0.3, 0.4) is 0 Å². The highest BCUT2D eigenvalue weighted by atomic mass is 16.4. The number of nitrogens with two attached hydrogens (primary N) is 1. The third-order valence-corrected chi connectivity index (χ3v) is 5.03. The average Bonchev–Trinajstić information content (AvgIpc) is 3.21. The van der Waals surface area contributed by atoms with E-state index in [1.807, 2.05) is 13.8 Å². The van der Waals surface area contributed by atoms with Gasteiger partial charge in [-0.1, -0.05) is 13.8 Å². The first-order chi connectivity index (χ1) is 14.1. The van der Waals surface area contributed by atoms with Crippen molar-refractivity contribution in [3.05, 3.63) is 0 Å². The van der Waals surface area contributed by atoms with Crippen molar-refractivity contribution < 1.29 is 24.3 Å². The maximum absolute atomic E-state index is 12.7. The van der Waals surface area contributed by atoms with Crippen molar-refractivity contribution in [2.45, 2.75) is 83.5 Å². The van der Waals surface area contributed by atoms with Gasteiger partial charge in [0.2, 0.25) is 17.7 Å². The second kappa shape index (κ2) is 13.2. The molecule has 0 aliphatic carbocycles. The van der Waals surface area contributed by atoms with Gasteiger partial charge in [0, 0.05) is 0 Å². The van der Waals surface area contributed by atoms with E-state index in [0.29, 0.717) is 25.8 Å². The van der Waals surface area contributed by atoms with E-state index in [1.165, 1.54) is 0 Å². The summed E-state index contributed by atoms with van der Waals surface area (Å²) in [5.41, 5.74) is 5.44. The highest BCUT2D eigenvalue weighted by molar-refractivity contribution is 5.93. The van der Waals surface area contributed by atoms with Gasteiger partial charge in [-0.2, -0.15) is 0 Å². The van der Waals surface area contributed by atoms with Crippen molar-refractivity contribution in [3.63, 3.8) is 0 Å². The van der Waals surface area contributed by atoms with Gasteiger partial charge in [-0.05, 0) is 64.5 Å². The van der Waals surface area contributed by atoms with Gasteiger partial charge in [-0.15, -0.1) is 0 Å². The summed E-state index contributed by atoms with van der Waals surface area (Å²) in [7, 11) is 0. The number of carboxylic acids is 1. The molecule has 1 saturated heterocycles. The van der Waals surface area contributed by atoms with Gasteiger partial charge < -0.3 is 32.1 Å². The second-order valence-electron chi connectivity index (χ2n) is 8.25. The van der Waals surface area contributed by atoms with E-state index in [-0.39, 0.29) is 24.3 Å². The maximum Gasteiger partial charge on any atom is 0.326 e. The number of aliphatic carboxylic acids is 1. The number of carboxylic acid groups (broad SMARTS) is 1. The van der Waals surface area contributed by atoms with E-state index < -0.39 is 35.9 Å². The number of carbonyl (C=O) groups is 4. The molecule has 10 heteroatoms. The van der Waals surface area contributed by atoms with Crippen molar-refractivity contribution in [2.75, 3.05) is 13.1 Å². The Morgan fingerprint density at radius 1 is 1.03 bits per heavy atom. The lowest BCUT2D eigenvalue weighted by molar-refractivity contribution is -0.142. The monoisotopic (exact) mass is 427 g/mol. The molecule has 30 heavy (non-hydrogen) atoms. The Bertz CT molecular complexity index is 592. The average molecular weight is 428 g/mol. The number of amides is 3. The van der Waals surface area contributed by atoms with E-state index >= 15 is 0 Å². The Morgan fingerprint density at radius 3 is 2.23 bits per heavy atom. The van der Waals surface area contributed by atoms with Crippen LogP contribution in [-0.4, -0.2) is 66.1 Å². The molecular weight excluding hydrogens is 390 g/mol. The fourth-order valence-corrected chi connectivity index (χ4v) is 3.31. The van der Waals surface area contributed by atoms with Crippen LogP contribution in [0.1, 0.15) is 59.3 Å². The number of carbonyl (C=O) groups excluding carboxylic acids is 3. The Balaban J connectivity index is 2.69. The number of hydrogen-bond donors (Lipinski definition) is 6. The molecule has 0 saturated carbocycles. The summed E-state index contributed by atoms with van der Waals surface area (Å²) >= 11 is 0. The number of nitrogens with one attached hydrogen (secondary N) is 4. The highest BCUT2D eigenvalue weighted by Gasteiger charge is 2.30. The van der Waals surface area contributed by atoms with E-state index in [4.69, 9.17) is 5.73 Å². The minimum Gasteiger partial charge on any atom is -0.480 e. The van der Waals surface area contributed by atoms with Crippen LogP contribution in [0.5, 0.6) is 0 Å². The molecule has 172 valence electrons. The van der Waals surface area contributed by atoms with Crippen LogP contribution in [0, 0.1) is 5.92 Å². The first-order valence-electron chi connectivity index (χ1n) is 10.7. The Kier molecular flexibility index (Phi) is 11.3. The third kappa shape index (κ3) is 9.08. The summed E-state index contributed by atoms with van der Waals surface area (Å²) < 4.78 is 0. The molecule has 7 N–H and O–H groups in total. The minimum absolute atomic E-state index is 0.0918. The lowest BCUT2D eigenvalue weighted by Gasteiger charge is -2.25. The highest BCUT2D eigenvalue weighted by Crippen LogP contribution is 2.08. The first kappa shape index (κ1) is 25.8. The molecule has 0 spiro atoms. The predicted octanol–water partition coefficient (Wildman–Crippen LogP) is -0.528. The Hall–Kier alpha value is -2.20. The smallest absolute Gasteiger partial charge is 0.326 e. The molecule has 0 aromatic carbocycles. The molecule has 1 fully saturated rings. The number of hydrogen-bond acceptors (Lipinski definition) is 6. The zero-order chi connectivity index (χ0) is 22.7. The Labute approximate surface area is 178 Å².